The van der Waals surface area contributed by atoms with Crippen molar-refractivity contribution < 1.29 is 29.3 Å². The zero-order chi connectivity index (χ0) is 23.0. The fourth-order valence-electron chi connectivity index (χ4n) is 2.58. The van der Waals surface area contributed by atoms with Gasteiger partial charge in [-0.3, -0.25) is 9.59 Å². The summed E-state index contributed by atoms with van der Waals surface area (Å²) in [4.78, 5) is 22.4. The molecule has 0 saturated heterocycles. The van der Waals surface area contributed by atoms with E-state index in [4.69, 9.17) is 19.7 Å². The van der Waals surface area contributed by atoms with Crippen LogP contribution >= 0.6 is 0 Å². The van der Waals surface area contributed by atoms with Crippen molar-refractivity contribution in [2.75, 3.05) is 19.8 Å². The van der Waals surface area contributed by atoms with Crippen LogP contribution in [0.15, 0.2) is 48.6 Å². The summed E-state index contributed by atoms with van der Waals surface area (Å²) >= 11 is 0. The van der Waals surface area contributed by atoms with Gasteiger partial charge in [0.25, 0.3) is 0 Å². The summed E-state index contributed by atoms with van der Waals surface area (Å²) in [5, 5.41) is 17.7. The molecule has 0 amide bonds. The standard InChI is InChI=1S/C25H40O6/c1-23(28)31-24(21-27)22-30-25(29)19-17-15-13-11-9-7-5-3-2-4-6-8-10-12-14-16-18-20-26/h2,4-5,7-8,10-11,13,24,26-27H,3,6,9,12,14-22H2,1H3/b4-2-,7-5-,10-8-,13-11-/t24-/m0/s1. The number of rotatable bonds is 19. The van der Waals surface area contributed by atoms with Gasteiger partial charge in [0.2, 0.25) is 0 Å². The van der Waals surface area contributed by atoms with E-state index < -0.39 is 12.1 Å². The van der Waals surface area contributed by atoms with Gasteiger partial charge in [-0.05, 0) is 51.4 Å². The number of carbonyl (C=O) groups is 2. The van der Waals surface area contributed by atoms with Crippen LogP contribution in [0.3, 0.4) is 0 Å². The molecule has 0 aromatic carbocycles. The van der Waals surface area contributed by atoms with Gasteiger partial charge in [0.05, 0.1) is 6.61 Å². The van der Waals surface area contributed by atoms with Crippen molar-refractivity contribution in [2.45, 2.75) is 77.2 Å². The van der Waals surface area contributed by atoms with Gasteiger partial charge in [0, 0.05) is 20.0 Å². The second kappa shape index (κ2) is 22.5. The summed E-state index contributed by atoms with van der Waals surface area (Å²) in [5.41, 5.74) is 0. The normalized spacial score (nSPS) is 13.0. The van der Waals surface area contributed by atoms with E-state index in [1.165, 1.54) is 6.92 Å². The van der Waals surface area contributed by atoms with Crippen LogP contribution in [0.5, 0.6) is 0 Å². The summed E-state index contributed by atoms with van der Waals surface area (Å²) in [6, 6.07) is 0. The summed E-state index contributed by atoms with van der Waals surface area (Å²) in [5.74, 6) is -0.873. The molecule has 0 aromatic rings. The predicted octanol–water partition coefficient (Wildman–Crippen LogP) is 4.57. The Labute approximate surface area is 187 Å². The van der Waals surface area contributed by atoms with Crippen molar-refractivity contribution in [3.63, 3.8) is 0 Å². The van der Waals surface area contributed by atoms with Crippen LogP contribution < -0.4 is 0 Å². The van der Waals surface area contributed by atoms with Crippen molar-refractivity contribution in [2.24, 2.45) is 0 Å². The van der Waals surface area contributed by atoms with Crippen LogP contribution in [0.2, 0.25) is 0 Å². The quantitative estimate of drug-likeness (QED) is 0.175. The topological polar surface area (TPSA) is 93.1 Å². The Morgan fingerprint density at radius 3 is 1.84 bits per heavy atom. The monoisotopic (exact) mass is 436 g/mol. The molecule has 0 aliphatic carbocycles. The fraction of sp³-hybridized carbons (Fsp3) is 0.600. The van der Waals surface area contributed by atoms with Crippen molar-refractivity contribution in [3.8, 4) is 0 Å². The maximum absolute atomic E-state index is 11.6. The molecule has 0 bridgehead atoms. The molecule has 6 heteroatoms. The summed E-state index contributed by atoms with van der Waals surface area (Å²) in [7, 11) is 0. The van der Waals surface area contributed by atoms with E-state index >= 15 is 0 Å². The van der Waals surface area contributed by atoms with Gasteiger partial charge in [0.15, 0.2) is 6.10 Å². The van der Waals surface area contributed by atoms with E-state index in [-0.39, 0.29) is 19.2 Å². The first-order valence-electron chi connectivity index (χ1n) is 11.2. The second-order valence-corrected chi connectivity index (χ2v) is 7.15. The zero-order valence-corrected chi connectivity index (χ0v) is 18.9. The molecule has 0 aromatic heterocycles. The first kappa shape index (κ1) is 28.8. The molecule has 176 valence electrons. The summed E-state index contributed by atoms with van der Waals surface area (Å²) < 4.78 is 9.79. The van der Waals surface area contributed by atoms with Gasteiger partial charge >= 0.3 is 11.9 Å². The lowest BCUT2D eigenvalue weighted by Gasteiger charge is -2.14. The van der Waals surface area contributed by atoms with Crippen LogP contribution in [-0.4, -0.2) is 48.1 Å². The largest absolute Gasteiger partial charge is 0.462 e. The van der Waals surface area contributed by atoms with E-state index in [2.05, 4.69) is 42.5 Å². The molecule has 0 aliphatic heterocycles. The fourth-order valence-corrected chi connectivity index (χ4v) is 2.58. The van der Waals surface area contributed by atoms with Crippen molar-refractivity contribution in [3.05, 3.63) is 48.6 Å². The molecular formula is C25H40O6. The van der Waals surface area contributed by atoms with Crippen molar-refractivity contribution in [1.82, 2.24) is 0 Å². The van der Waals surface area contributed by atoms with Crippen LogP contribution in [0.4, 0.5) is 0 Å². The lowest BCUT2D eigenvalue weighted by molar-refractivity contribution is -0.159. The maximum Gasteiger partial charge on any atom is 0.305 e. The third-order valence-corrected chi connectivity index (χ3v) is 4.23. The SMILES string of the molecule is CC(=O)O[C@@H](CO)COC(=O)CCC/C=C\C/C=C\C/C=C\C/C=C\CCCCCO. The number of unbranched alkanes of at least 4 members (excludes halogenated alkanes) is 4. The molecule has 0 fully saturated rings. The van der Waals surface area contributed by atoms with E-state index in [1.807, 2.05) is 6.08 Å². The van der Waals surface area contributed by atoms with Crippen molar-refractivity contribution in [1.29, 1.82) is 0 Å². The van der Waals surface area contributed by atoms with E-state index in [9.17, 15) is 9.59 Å². The Bertz CT molecular complexity index is 562. The van der Waals surface area contributed by atoms with Gasteiger partial charge in [-0.25, -0.2) is 0 Å². The smallest absolute Gasteiger partial charge is 0.305 e. The van der Waals surface area contributed by atoms with E-state index in [0.29, 0.717) is 19.4 Å². The highest BCUT2D eigenvalue weighted by Gasteiger charge is 2.13. The predicted molar refractivity (Wildman–Crippen MR) is 123 cm³/mol. The van der Waals surface area contributed by atoms with Gasteiger partial charge < -0.3 is 19.7 Å². The second-order valence-electron chi connectivity index (χ2n) is 7.15. The molecular weight excluding hydrogens is 396 g/mol. The lowest BCUT2D eigenvalue weighted by atomic mass is 10.2. The van der Waals surface area contributed by atoms with Gasteiger partial charge in [0.1, 0.15) is 6.61 Å². The van der Waals surface area contributed by atoms with Crippen molar-refractivity contribution >= 4 is 11.9 Å². The number of allylic oxidation sites excluding steroid dienone is 8. The van der Waals surface area contributed by atoms with E-state index in [1.54, 1.807) is 0 Å². The van der Waals surface area contributed by atoms with Gasteiger partial charge in [-0.1, -0.05) is 55.0 Å². The molecule has 31 heavy (non-hydrogen) atoms. The third-order valence-electron chi connectivity index (χ3n) is 4.23. The average molecular weight is 437 g/mol. The lowest BCUT2D eigenvalue weighted by Crippen LogP contribution is -2.27. The summed E-state index contributed by atoms with van der Waals surface area (Å²) in [6.45, 7) is 1.04. The highest BCUT2D eigenvalue weighted by Crippen LogP contribution is 2.03. The number of hydrogen-bond acceptors (Lipinski definition) is 6. The molecule has 0 aliphatic rings. The van der Waals surface area contributed by atoms with Crippen LogP contribution in [-0.2, 0) is 19.1 Å². The Hall–Kier alpha value is -2.18. The minimum absolute atomic E-state index is 0.119. The Morgan fingerprint density at radius 2 is 1.32 bits per heavy atom. The summed E-state index contributed by atoms with van der Waals surface area (Å²) in [6.07, 6.45) is 25.0. The minimum atomic E-state index is -0.799. The average Bonchev–Trinajstić information content (AvgIpc) is 2.75. The molecule has 0 saturated carbocycles. The van der Waals surface area contributed by atoms with Crippen LogP contribution in [0.1, 0.15) is 71.1 Å². The highest BCUT2D eigenvalue weighted by atomic mass is 16.6. The molecule has 1 atom stereocenters. The molecule has 0 spiro atoms. The van der Waals surface area contributed by atoms with Crippen LogP contribution in [0, 0.1) is 0 Å². The Morgan fingerprint density at radius 1 is 0.774 bits per heavy atom. The van der Waals surface area contributed by atoms with E-state index in [0.717, 1.165) is 51.4 Å². The maximum atomic E-state index is 11.6. The third kappa shape index (κ3) is 22.3. The molecule has 0 heterocycles. The Kier molecular flexibility index (Phi) is 20.9. The Balaban J connectivity index is 3.61. The molecule has 2 N–H and O–H groups in total. The number of aliphatic hydroxyl groups is 2. The molecule has 0 rings (SSSR count). The van der Waals surface area contributed by atoms with Gasteiger partial charge in [-0.2, -0.15) is 0 Å². The number of hydrogen-bond donors (Lipinski definition) is 2. The molecule has 0 radical (unpaired) electrons. The zero-order valence-electron chi connectivity index (χ0n) is 18.9. The number of carbonyl (C=O) groups excluding carboxylic acids is 2. The molecule has 6 nitrogen and oxygen atoms in total. The minimum Gasteiger partial charge on any atom is -0.462 e. The molecule has 0 unspecified atom stereocenters. The first-order chi connectivity index (χ1) is 15.1. The number of esters is 2. The van der Waals surface area contributed by atoms with Crippen LogP contribution in [0.25, 0.3) is 0 Å². The first-order valence-corrected chi connectivity index (χ1v) is 11.2. The number of ether oxygens (including phenoxy) is 2. The number of aliphatic hydroxyl groups excluding tert-OH is 2. The van der Waals surface area contributed by atoms with Gasteiger partial charge in [-0.15, -0.1) is 0 Å². The highest BCUT2D eigenvalue weighted by molar-refractivity contribution is 5.69.